The Balaban J connectivity index is 0.000000241. The van der Waals surface area contributed by atoms with Gasteiger partial charge < -0.3 is 29.2 Å². The van der Waals surface area contributed by atoms with Crippen LogP contribution in [0.25, 0.3) is 0 Å². The van der Waals surface area contributed by atoms with Gasteiger partial charge in [0.2, 0.25) is 0 Å². The van der Waals surface area contributed by atoms with E-state index in [1.165, 1.54) is 6.92 Å². The molecular formula is C28H32B2F5NO7. The van der Waals surface area contributed by atoms with Crippen molar-refractivity contribution in [3.63, 3.8) is 0 Å². The minimum atomic E-state index is -4.48. The maximum atomic E-state index is 12.8. The van der Waals surface area contributed by atoms with E-state index in [1.54, 1.807) is 6.07 Å². The number of rotatable bonds is 6. The molecule has 4 rings (SSSR count). The molecule has 0 unspecified atom stereocenters. The first kappa shape index (κ1) is 35.8. The third-order valence-electron chi connectivity index (χ3n) is 6.37. The SMILES string of the molecule is Cc1cc(B2OC(C)(C)C(C)(C)O2)cc(C(F)(F)F)n1.O=C(O)COCc1ccccc1.OB(O)c1ccc(F)cc1F. The maximum absolute atomic E-state index is 12.8. The fourth-order valence-corrected chi connectivity index (χ4v) is 3.50. The number of benzene rings is 2. The Hall–Kier alpha value is -3.36. The van der Waals surface area contributed by atoms with E-state index in [-0.39, 0.29) is 17.8 Å². The molecule has 2 heterocycles. The van der Waals surface area contributed by atoms with Gasteiger partial charge in [0.05, 0.1) is 17.8 Å². The number of hydrogen-bond acceptors (Lipinski definition) is 7. The highest BCUT2D eigenvalue weighted by Crippen LogP contribution is 2.37. The predicted molar refractivity (Wildman–Crippen MR) is 150 cm³/mol. The lowest BCUT2D eigenvalue weighted by Gasteiger charge is -2.32. The molecule has 43 heavy (non-hydrogen) atoms. The number of alkyl halides is 3. The largest absolute Gasteiger partial charge is 0.494 e. The number of carboxylic acids is 1. The third-order valence-corrected chi connectivity index (χ3v) is 6.37. The topological polar surface area (TPSA) is 118 Å². The summed E-state index contributed by atoms with van der Waals surface area (Å²) in [5, 5.41) is 25.2. The Morgan fingerprint density at radius 2 is 1.56 bits per heavy atom. The molecule has 0 atom stereocenters. The Kier molecular flexibility index (Phi) is 12.4. The molecule has 0 amide bonds. The van der Waals surface area contributed by atoms with Crippen LogP contribution >= 0.6 is 0 Å². The van der Waals surface area contributed by atoms with Crippen molar-refractivity contribution in [2.75, 3.05) is 6.61 Å². The van der Waals surface area contributed by atoms with E-state index < -0.39 is 54.9 Å². The molecule has 0 spiro atoms. The summed E-state index contributed by atoms with van der Waals surface area (Å²) in [6.07, 6.45) is -4.48. The smallest absolute Gasteiger partial charge is 0.480 e. The highest BCUT2D eigenvalue weighted by Gasteiger charge is 2.52. The van der Waals surface area contributed by atoms with Crippen LogP contribution in [0.5, 0.6) is 0 Å². The summed E-state index contributed by atoms with van der Waals surface area (Å²) >= 11 is 0. The first-order valence-corrected chi connectivity index (χ1v) is 12.9. The average molecular weight is 611 g/mol. The van der Waals surface area contributed by atoms with Crippen molar-refractivity contribution in [1.82, 2.24) is 4.98 Å². The quantitative estimate of drug-likeness (QED) is 0.286. The number of pyridine rings is 1. The van der Waals surface area contributed by atoms with Gasteiger partial charge in [-0.3, -0.25) is 0 Å². The highest BCUT2D eigenvalue weighted by molar-refractivity contribution is 6.62. The van der Waals surface area contributed by atoms with E-state index in [4.69, 9.17) is 29.2 Å². The Morgan fingerprint density at radius 1 is 0.977 bits per heavy atom. The summed E-state index contributed by atoms with van der Waals surface area (Å²) in [5.74, 6) is -2.64. The second-order valence-corrected chi connectivity index (χ2v) is 10.4. The summed E-state index contributed by atoms with van der Waals surface area (Å²) in [4.78, 5) is 13.6. The number of carbonyl (C=O) groups is 1. The van der Waals surface area contributed by atoms with Gasteiger partial charge in [-0.25, -0.2) is 18.6 Å². The lowest BCUT2D eigenvalue weighted by molar-refractivity contribution is -0.143. The van der Waals surface area contributed by atoms with E-state index >= 15 is 0 Å². The van der Waals surface area contributed by atoms with E-state index in [1.807, 2.05) is 58.0 Å². The number of nitrogens with zero attached hydrogens (tertiary/aromatic N) is 1. The molecule has 232 valence electrons. The van der Waals surface area contributed by atoms with Crippen molar-refractivity contribution in [3.8, 4) is 0 Å². The van der Waals surface area contributed by atoms with Crippen LogP contribution in [0.15, 0.2) is 60.7 Å². The molecule has 1 fully saturated rings. The summed E-state index contributed by atoms with van der Waals surface area (Å²) in [5.41, 5.74) is -0.833. The Labute approximate surface area is 246 Å². The summed E-state index contributed by atoms with van der Waals surface area (Å²) in [6, 6.07) is 14.5. The van der Waals surface area contributed by atoms with Crippen molar-refractivity contribution in [3.05, 3.63) is 89.2 Å². The van der Waals surface area contributed by atoms with Gasteiger partial charge >= 0.3 is 26.4 Å². The number of aryl methyl sites for hydroxylation is 1. The molecule has 1 saturated heterocycles. The van der Waals surface area contributed by atoms with Gasteiger partial charge in [-0.2, -0.15) is 13.2 Å². The van der Waals surface area contributed by atoms with Crippen LogP contribution in [-0.2, 0) is 31.6 Å². The van der Waals surface area contributed by atoms with Gasteiger partial charge in [0.15, 0.2) is 0 Å². The van der Waals surface area contributed by atoms with Gasteiger partial charge in [-0.1, -0.05) is 36.4 Å². The van der Waals surface area contributed by atoms with E-state index in [0.29, 0.717) is 18.1 Å². The predicted octanol–water partition coefficient (Wildman–Crippen LogP) is 3.64. The lowest BCUT2D eigenvalue weighted by Crippen LogP contribution is -2.41. The number of aliphatic carboxylic acids is 1. The molecular weight excluding hydrogens is 579 g/mol. The Morgan fingerprint density at radius 3 is 2.05 bits per heavy atom. The molecule has 2 aromatic carbocycles. The fourth-order valence-electron chi connectivity index (χ4n) is 3.50. The van der Waals surface area contributed by atoms with Gasteiger partial charge in [-0.15, -0.1) is 0 Å². The standard InChI is InChI=1S/C13H17BF3NO2.C9H10O3.C6H5BF2O2/c1-8-6-9(7-10(18-8)13(15,16)17)14-19-11(2,3)12(4,5)20-14;10-9(11)7-12-6-8-4-2-1-3-5-8;8-4-1-2-5(7(10)11)6(9)3-4/h6-7H,1-5H3;1-5H,6-7H2,(H,10,11);1-3,10-11H. The molecule has 0 bridgehead atoms. The van der Waals surface area contributed by atoms with Crippen molar-refractivity contribution >= 4 is 31.1 Å². The first-order valence-electron chi connectivity index (χ1n) is 12.9. The Bertz CT molecular complexity index is 1340. The number of ether oxygens (including phenoxy) is 1. The summed E-state index contributed by atoms with van der Waals surface area (Å²) in [6.45, 7) is 9.04. The fraction of sp³-hybridized carbons (Fsp3) is 0.357. The minimum Gasteiger partial charge on any atom is -0.480 e. The molecule has 3 N–H and O–H groups in total. The van der Waals surface area contributed by atoms with Gasteiger partial charge in [0, 0.05) is 17.2 Å². The number of aromatic nitrogens is 1. The molecule has 1 aromatic heterocycles. The highest BCUT2D eigenvalue weighted by atomic mass is 19.4. The van der Waals surface area contributed by atoms with E-state index in [2.05, 4.69) is 4.98 Å². The van der Waals surface area contributed by atoms with Crippen LogP contribution in [0.3, 0.4) is 0 Å². The third kappa shape index (κ3) is 11.0. The van der Waals surface area contributed by atoms with Crippen molar-refractivity contribution in [2.45, 2.75) is 58.6 Å². The maximum Gasteiger partial charge on any atom is 0.494 e. The second-order valence-electron chi connectivity index (χ2n) is 10.4. The zero-order valence-electron chi connectivity index (χ0n) is 24.2. The molecule has 0 radical (unpaired) electrons. The first-order chi connectivity index (χ1) is 19.8. The number of halogens is 5. The average Bonchev–Trinajstić information content (AvgIpc) is 3.11. The molecule has 8 nitrogen and oxygen atoms in total. The molecule has 15 heteroatoms. The van der Waals surface area contributed by atoms with Crippen molar-refractivity contribution in [1.29, 1.82) is 0 Å². The van der Waals surface area contributed by atoms with Gasteiger partial charge in [0.25, 0.3) is 0 Å². The normalized spacial score (nSPS) is 15.1. The number of carboxylic acid groups (broad SMARTS) is 1. The molecule has 1 aliphatic rings. The second kappa shape index (κ2) is 14.9. The van der Waals surface area contributed by atoms with E-state index in [0.717, 1.165) is 23.8 Å². The van der Waals surface area contributed by atoms with E-state index in [9.17, 15) is 26.7 Å². The molecule has 1 aliphatic heterocycles. The van der Waals surface area contributed by atoms with Crippen LogP contribution in [0, 0.1) is 18.6 Å². The van der Waals surface area contributed by atoms with Crippen LogP contribution in [0.2, 0.25) is 0 Å². The molecule has 0 aliphatic carbocycles. The van der Waals surface area contributed by atoms with Crippen molar-refractivity contribution in [2.24, 2.45) is 0 Å². The summed E-state index contributed by atoms with van der Waals surface area (Å²) in [7, 11) is -2.71. The van der Waals surface area contributed by atoms with Crippen LogP contribution in [0.1, 0.15) is 44.6 Å². The van der Waals surface area contributed by atoms with Crippen LogP contribution in [0.4, 0.5) is 22.0 Å². The number of hydrogen-bond donors (Lipinski definition) is 3. The summed E-state index contributed by atoms with van der Waals surface area (Å²) < 4.78 is 79.5. The minimum absolute atomic E-state index is 0.241. The van der Waals surface area contributed by atoms with Gasteiger partial charge in [-0.05, 0) is 63.8 Å². The lowest BCUT2D eigenvalue weighted by atomic mass is 9.79. The zero-order chi connectivity index (χ0) is 32.6. The zero-order valence-corrected chi connectivity index (χ0v) is 24.2. The molecule has 3 aromatic rings. The van der Waals surface area contributed by atoms with Crippen molar-refractivity contribution < 1.29 is 55.9 Å². The molecule has 0 saturated carbocycles. The van der Waals surface area contributed by atoms with Gasteiger partial charge in [0.1, 0.15) is 23.9 Å². The van der Waals surface area contributed by atoms with Crippen LogP contribution < -0.4 is 10.9 Å². The van der Waals surface area contributed by atoms with Crippen LogP contribution in [-0.4, -0.2) is 58.2 Å². The monoisotopic (exact) mass is 611 g/mol.